The molecule has 2 heterocycles. The van der Waals surface area contributed by atoms with Gasteiger partial charge in [-0.2, -0.15) is 0 Å². The first-order chi connectivity index (χ1) is 15.6. The van der Waals surface area contributed by atoms with Gasteiger partial charge in [0.1, 0.15) is 17.1 Å². The molecule has 7 nitrogen and oxygen atoms in total. The van der Waals surface area contributed by atoms with Crippen LogP contribution in [0.4, 0.5) is 11.5 Å². The Kier molecular flexibility index (Phi) is 6.63. The summed E-state index contributed by atoms with van der Waals surface area (Å²) in [6.45, 7) is 4.17. The number of nitrogens with zero attached hydrogens (tertiary/aromatic N) is 2. The van der Waals surface area contributed by atoms with E-state index in [1.807, 2.05) is 18.2 Å². The molecule has 0 spiro atoms. The molecule has 0 saturated carbocycles. The fraction of sp³-hybridized carbons (Fsp3) is 0.360. The molecule has 0 radical (unpaired) electrons. The number of rotatable bonds is 7. The molecule has 0 bridgehead atoms. The van der Waals surface area contributed by atoms with E-state index in [2.05, 4.69) is 29.3 Å². The van der Waals surface area contributed by atoms with Gasteiger partial charge in [-0.3, -0.25) is 4.79 Å². The minimum Gasteiger partial charge on any atom is -0.493 e. The minimum atomic E-state index is -0.268. The van der Waals surface area contributed by atoms with E-state index in [0.29, 0.717) is 28.9 Å². The number of carbonyl (C=O) groups is 1. The van der Waals surface area contributed by atoms with Gasteiger partial charge in [0, 0.05) is 30.2 Å². The Morgan fingerprint density at radius 1 is 1.09 bits per heavy atom. The molecular formula is C25H29N3O4. The first kappa shape index (κ1) is 21.7. The Morgan fingerprint density at radius 2 is 1.94 bits per heavy atom. The smallest absolute Gasteiger partial charge is 0.262 e. The quantitative estimate of drug-likeness (QED) is 0.589. The molecule has 0 unspecified atom stereocenters. The zero-order chi connectivity index (χ0) is 22.5. The number of fused-ring (bicyclic) bond motifs is 1. The van der Waals surface area contributed by atoms with Crippen molar-refractivity contribution >= 4 is 28.3 Å². The van der Waals surface area contributed by atoms with Crippen molar-refractivity contribution in [2.45, 2.75) is 19.8 Å². The lowest BCUT2D eigenvalue weighted by Gasteiger charge is -2.32. The number of carbonyl (C=O) groups excluding carboxylic acids is 1. The second-order valence-electron chi connectivity index (χ2n) is 8.10. The third kappa shape index (κ3) is 4.88. The van der Waals surface area contributed by atoms with E-state index >= 15 is 0 Å². The Balaban J connectivity index is 1.46. The highest BCUT2D eigenvalue weighted by Gasteiger charge is 2.18. The van der Waals surface area contributed by atoms with Crippen molar-refractivity contribution in [3.63, 3.8) is 0 Å². The van der Waals surface area contributed by atoms with Gasteiger partial charge < -0.3 is 24.4 Å². The number of nitrogens with one attached hydrogen (secondary N) is 1. The van der Waals surface area contributed by atoms with Crippen molar-refractivity contribution < 1.29 is 19.0 Å². The molecule has 1 atom stereocenters. The van der Waals surface area contributed by atoms with Crippen molar-refractivity contribution in [2.75, 3.05) is 44.1 Å². The number of benzene rings is 2. The zero-order valence-electron chi connectivity index (χ0n) is 18.8. The summed E-state index contributed by atoms with van der Waals surface area (Å²) in [5, 5.41) is 3.81. The molecule has 1 aliphatic rings. The molecule has 1 amide bonds. The van der Waals surface area contributed by atoms with Crippen molar-refractivity contribution in [1.82, 2.24) is 4.98 Å². The number of hydrogen-bond acceptors (Lipinski definition) is 6. The normalized spacial score (nSPS) is 16.0. The van der Waals surface area contributed by atoms with E-state index in [9.17, 15) is 4.79 Å². The summed E-state index contributed by atoms with van der Waals surface area (Å²) < 4.78 is 16.4. The van der Waals surface area contributed by atoms with E-state index in [1.165, 1.54) is 12.8 Å². The number of methoxy groups -OCH3 is 2. The Hall–Kier alpha value is -3.48. The molecule has 0 aliphatic carbocycles. The number of hydrogen-bond donors (Lipinski definition) is 1. The van der Waals surface area contributed by atoms with Crippen LogP contribution < -0.4 is 24.4 Å². The average Bonchev–Trinajstić information content (AvgIpc) is 2.82. The maximum Gasteiger partial charge on any atom is 0.262 e. The summed E-state index contributed by atoms with van der Waals surface area (Å²) in [4.78, 5) is 19.7. The average molecular weight is 436 g/mol. The van der Waals surface area contributed by atoms with Crippen LogP contribution in [0.3, 0.4) is 0 Å². The molecule has 4 rings (SSSR count). The molecule has 1 fully saturated rings. The molecule has 1 N–H and O–H groups in total. The summed E-state index contributed by atoms with van der Waals surface area (Å²) in [6.07, 6.45) is 2.43. The molecule has 1 aliphatic heterocycles. The number of amides is 1. The van der Waals surface area contributed by atoms with Gasteiger partial charge in [0.25, 0.3) is 5.91 Å². The van der Waals surface area contributed by atoms with Gasteiger partial charge in [-0.25, -0.2) is 4.98 Å². The number of piperidine rings is 1. The van der Waals surface area contributed by atoms with Crippen LogP contribution in [0.5, 0.6) is 17.2 Å². The van der Waals surface area contributed by atoms with Crippen molar-refractivity contribution in [2.24, 2.45) is 5.92 Å². The van der Waals surface area contributed by atoms with Crippen molar-refractivity contribution in [1.29, 1.82) is 0 Å². The third-order valence-electron chi connectivity index (χ3n) is 5.68. The van der Waals surface area contributed by atoms with Gasteiger partial charge in [-0.15, -0.1) is 0 Å². The fourth-order valence-corrected chi connectivity index (χ4v) is 4.05. The van der Waals surface area contributed by atoms with Crippen molar-refractivity contribution in [3.8, 4) is 17.2 Å². The molecule has 1 aromatic heterocycles. The van der Waals surface area contributed by atoms with E-state index in [1.54, 1.807) is 32.4 Å². The summed E-state index contributed by atoms with van der Waals surface area (Å²) in [5.41, 5.74) is 1.37. The third-order valence-corrected chi connectivity index (χ3v) is 5.68. The van der Waals surface area contributed by atoms with E-state index in [4.69, 9.17) is 19.2 Å². The second-order valence-corrected chi connectivity index (χ2v) is 8.10. The highest BCUT2D eigenvalue weighted by molar-refractivity contribution is 5.93. The van der Waals surface area contributed by atoms with Gasteiger partial charge in [0.15, 0.2) is 18.1 Å². The molecule has 1 saturated heterocycles. The van der Waals surface area contributed by atoms with Crippen LogP contribution in [-0.4, -0.2) is 44.8 Å². The van der Waals surface area contributed by atoms with Gasteiger partial charge in [-0.05, 0) is 49.1 Å². The minimum absolute atomic E-state index is 0.125. The first-order valence-electron chi connectivity index (χ1n) is 10.9. The van der Waals surface area contributed by atoms with Crippen molar-refractivity contribution in [3.05, 3.63) is 48.5 Å². The van der Waals surface area contributed by atoms with Gasteiger partial charge in [0.05, 0.1) is 14.2 Å². The highest BCUT2D eigenvalue weighted by Crippen LogP contribution is 2.30. The predicted molar refractivity (Wildman–Crippen MR) is 126 cm³/mol. The molecule has 3 aromatic rings. The highest BCUT2D eigenvalue weighted by atomic mass is 16.5. The maximum absolute atomic E-state index is 12.5. The Morgan fingerprint density at radius 3 is 2.72 bits per heavy atom. The zero-order valence-corrected chi connectivity index (χ0v) is 18.8. The van der Waals surface area contributed by atoms with Crippen LogP contribution in [0, 0.1) is 5.92 Å². The number of para-hydroxylation sites is 1. The van der Waals surface area contributed by atoms with E-state index in [0.717, 1.165) is 29.8 Å². The number of pyridine rings is 1. The van der Waals surface area contributed by atoms with Gasteiger partial charge >= 0.3 is 0 Å². The van der Waals surface area contributed by atoms with Crippen LogP contribution >= 0.6 is 0 Å². The summed E-state index contributed by atoms with van der Waals surface area (Å²) in [6, 6.07) is 15.1. The topological polar surface area (TPSA) is 72.9 Å². The number of anilines is 2. The number of ether oxygens (including phenoxy) is 3. The standard InChI is InChI=1S/C25H29N3O4/c1-17-6-5-13-28(15-17)23-12-9-18-7-4-8-21(25(18)27-23)32-16-24(29)26-19-10-11-20(30-2)22(14-19)31-3/h4,7-12,14,17H,5-6,13,15-16H2,1-3H3,(H,26,29)/t17-/m0/s1. The summed E-state index contributed by atoms with van der Waals surface area (Å²) in [5.74, 6) is 3.08. The predicted octanol–water partition coefficient (Wildman–Crippen LogP) is 4.51. The largest absolute Gasteiger partial charge is 0.493 e. The fourth-order valence-electron chi connectivity index (χ4n) is 4.05. The molecule has 2 aromatic carbocycles. The van der Waals surface area contributed by atoms with Crippen LogP contribution in [0.2, 0.25) is 0 Å². The summed E-state index contributed by atoms with van der Waals surface area (Å²) >= 11 is 0. The lowest BCUT2D eigenvalue weighted by atomic mass is 10.0. The number of aromatic nitrogens is 1. The Labute approximate surface area is 188 Å². The lowest BCUT2D eigenvalue weighted by Crippen LogP contribution is -2.34. The Bertz CT molecular complexity index is 1100. The maximum atomic E-state index is 12.5. The van der Waals surface area contributed by atoms with Gasteiger partial charge in [-0.1, -0.05) is 19.1 Å². The van der Waals surface area contributed by atoms with Crippen LogP contribution in [0.15, 0.2) is 48.5 Å². The monoisotopic (exact) mass is 435 g/mol. The molecule has 7 heteroatoms. The van der Waals surface area contributed by atoms with Crippen LogP contribution in [-0.2, 0) is 4.79 Å². The first-order valence-corrected chi connectivity index (χ1v) is 10.9. The van der Waals surface area contributed by atoms with Gasteiger partial charge in [0.2, 0.25) is 0 Å². The van der Waals surface area contributed by atoms with Crippen LogP contribution in [0.1, 0.15) is 19.8 Å². The molecule has 168 valence electrons. The van der Waals surface area contributed by atoms with E-state index in [-0.39, 0.29) is 12.5 Å². The second kappa shape index (κ2) is 9.77. The lowest BCUT2D eigenvalue weighted by molar-refractivity contribution is -0.118. The van der Waals surface area contributed by atoms with Crippen LogP contribution in [0.25, 0.3) is 10.9 Å². The molecule has 32 heavy (non-hydrogen) atoms. The SMILES string of the molecule is COc1ccc(NC(=O)COc2cccc3ccc(N4CCC[C@H](C)C4)nc23)cc1OC. The van der Waals surface area contributed by atoms with E-state index < -0.39 is 0 Å². The molecular weight excluding hydrogens is 406 g/mol. The summed E-state index contributed by atoms with van der Waals surface area (Å²) in [7, 11) is 3.12.